The Balaban J connectivity index is 2.28. The van der Waals surface area contributed by atoms with Crippen molar-refractivity contribution in [3.05, 3.63) is 0 Å². The highest BCUT2D eigenvalue weighted by molar-refractivity contribution is 5.85. The minimum atomic E-state index is 0.333. The molecule has 2 aliphatic carbocycles. The number of Topliss-reactive ketones (excluding diaryl/α,β-unsaturated/α-hetero) is 1. The Kier molecular flexibility index (Phi) is 1.04. The molecule has 2 atom stereocenters. The van der Waals surface area contributed by atoms with Gasteiger partial charge in [0.05, 0.1) is 0 Å². The van der Waals surface area contributed by atoms with Gasteiger partial charge < -0.3 is 0 Å². The lowest BCUT2D eigenvalue weighted by Crippen LogP contribution is -2.27. The van der Waals surface area contributed by atoms with E-state index in [9.17, 15) is 4.79 Å². The molecule has 1 heteroatoms. The van der Waals surface area contributed by atoms with E-state index in [1.54, 1.807) is 0 Å². The summed E-state index contributed by atoms with van der Waals surface area (Å²) in [6, 6.07) is 0. The third-order valence-electron chi connectivity index (χ3n) is 3.21. The lowest BCUT2D eigenvalue weighted by molar-refractivity contribution is -0.125. The first-order valence-electron chi connectivity index (χ1n) is 4.12. The van der Waals surface area contributed by atoms with Crippen LogP contribution in [0.15, 0.2) is 0 Å². The zero-order chi connectivity index (χ0) is 7.35. The van der Waals surface area contributed by atoms with E-state index in [-0.39, 0.29) is 0 Å². The number of ketones is 1. The second-order valence-corrected chi connectivity index (χ2v) is 4.52. The van der Waals surface area contributed by atoms with Crippen molar-refractivity contribution in [2.45, 2.75) is 33.1 Å². The van der Waals surface area contributed by atoms with E-state index in [0.717, 1.165) is 12.3 Å². The van der Waals surface area contributed by atoms with Crippen LogP contribution in [0, 0.1) is 17.3 Å². The van der Waals surface area contributed by atoms with Crippen LogP contribution in [0.25, 0.3) is 0 Å². The van der Waals surface area contributed by atoms with Gasteiger partial charge in [-0.15, -0.1) is 0 Å². The monoisotopic (exact) mass is 138 g/mol. The van der Waals surface area contributed by atoms with Crippen LogP contribution in [0.1, 0.15) is 33.1 Å². The number of hydrogen-bond acceptors (Lipinski definition) is 1. The van der Waals surface area contributed by atoms with E-state index in [1.807, 2.05) is 0 Å². The van der Waals surface area contributed by atoms with Crippen LogP contribution >= 0.6 is 0 Å². The van der Waals surface area contributed by atoms with Crippen molar-refractivity contribution < 1.29 is 4.79 Å². The fourth-order valence-electron chi connectivity index (χ4n) is 2.77. The number of carbonyl (C=O) groups is 1. The summed E-state index contributed by atoms with van der Waals surface area (Å²) in [7, 11) is 0. The molecule has 2 bridgehead atoms. The van der Waals surface area contributed by atoms with Crippen LogP contribution < -0.4 is 0 Å². The van der Waals surface area contributed by atoms with Gasteiger partial charge in [0.15, 0.2) is 0 Å². The lowest BCUT2D eigenvalue weighted by Gasteiger charge is -2.27. The van der Waals surface area contributed by atoms with E-state index in [0.29, 0.717) is 17.1 Å². The van der Waals surface area contributed by atoms with Gasteiger partial charge in [0.1, 0.15) is 5.78 Å². The molecule has 2 fully saturated rings. The maximum atomic E-state index is 11.3. The van der Waals surface area contributed by atoms with Gasteiger partial charge in [-0.25, -0.2) is 0 Å². The fraction of sp³-hybridized carbons (Fsp3) is 0.889. The Morgan fingerprint density at radius 2 is 2.20 bits per heavy atom. The first-order valence-corrected chi connectivity index (χ1v) is 4.12. The van der Waals surface area contributed by atoms with Gasteiger partial charge in [-0.05, 0) is 24.2 Å². The molecule has 2 aliphatic rings. The second kappa shape index (κ2) is 1.63. The summed E-state index contributed by atoms with van der Waals surface area (Å²) in [5, 5.41) is 0. The Hall–Kier alpha value is -0.330. The van der Waals surface area contributed by atoms with Crippen molar-refractivity contribution in [2.24, 2.45) is 17.3 Å². The maximum Gasteiger partial charge on any atom is 0.136 e. The van der Waals surface area contributed by atoms with Crippen molar-refractivity contribution in [3.8, 4) is 0 Å². The van der Waals surface area contributed by atoms with Gasteiger partial charge in [0.2, 0.25) is 0 Å². The Labute approximate surface area is 61.8 Å². The molecule has 0 aromatic rings. The van der Waals surface area contributed by atoms with Crippen LogP contribution in [0.2, 0.25) is 0 Å². The molecule has 0 N–H and O–H groups in total. The number of fused-ring (bicyclic) bond motifs is 2. The molecule has 2 rings (SSSR count). The summed E-state index contributed by atoms with van der Waals surface area (Å²) in [6.07, 6.45) is 3.35. The molecule has 10 heavy (non-hydrogen) atoms. The lowest BCUT2D eigenvalue weighted by atomic mass is 9.76. The molecule has 0 heterocycles. The molecule has 0 aromatic heterocycles. The van der Waals surface area contributed by atoms with Gasteiger partial charge in [0.25, 0.3) is 0 Å². The van der Waals surface area contributed by atoms with Crippen molar-refractivity contribution in [3.63, 3.8) is 0 Å². The minimum absolute atomic E-state index is 0.333. The van der Waals surface area contributed by atoms with Crippen molar-refractivity contribution in [1.29, 1.82) is 0 Å². The molecule has 0 aromatic carbocycles. The smallest absolute Gasteiger partial charge is 0.136 e. The molecule has 2 saturated carbocycles. The molecular weight excluding hydrogens is 124 g/mol. The first-order chi connectivity index (χ1) is 4.59. The average molecular weight is 138 g/mol. The van der Waals surface area contributed by atoms with E-state index >= 15 is 0 Å². The van der Waals surface area contributed by atoms with Crippen LogP contribution in [-0.4, -0.2) is 5.78 Å². The first kappa shape index (κ1) is 6.38. The van der Waals surface area contributed by atoms with Crippen molar-refractivity contribution in [2.75, 3.05) is 0 Å². The summed E-state index contributed by atoms with van der Waals surface area (Å²) >= 11 is 0. The minimum Gasteiger partial charge on any atom is -0.299 e. The summed E-state index contributed by atoms with van der Waals surface area (Å²) in [5.41, 5.74) is 0.333. The van der Waals surface area contributed by atoms with E-state index in [4.69, 9.17) is 0 Å². The molecule has 0 radical (unpaired) electrons. The SMILES string of the molecule is CC1(C)C[C@H]2CC(=O)[C@@H]1C2. The highest BCUT2D eigenvalue weighted by Crippen LogP contribution is 2.53. The van der Waals surface area contributed by atoms with E-state index < -0.39 is 0 Å². The quantitative estimate of drug-likeness (QED) is 0.500. The van der Waals surface area contributed by atoms with Crippen molar-refractivity contribution >= 4 is 5.78 Å². The Morgan fingerprint density at radius 3 is 2.50 bits per heavy atom. The molecule has 0 amide bonds. The zero-order valence-corrected chi connectivity index (χ0v) is 6.68. The van der Waals surface area contributed by atoms with Crippen LogP contribution in [-0.2, 0) is 4.79 Å². The number of rotatable bonds is 0. The predicted octanol–water partition coefficient (Wildman–Crippen LogP) is 2.01. The number of carbonyl (C=O) groups excluding carboxylic acids is 1. The van der Waals surface area contributed by atoms with E-state index in [2.05, 4.69) is 13.8 Å². The third-order valence-corrected chi connectivity index (χ3v) is 3.21. The van der Waals surface area contributed by atoms with Gasteiger partial charge in [-0.1, -0.05) is 13.8 Å². The largest absolute Gasteiger partial charge is 0.299 e. The van der Waals surface area contributed by atoms with Crippen LogP contribution in [0.3, 0.4) is 0 Å². The predicted molar refractivity (Wildman–Crippen MR) is 39.6 cm³/mol. The Morgan fingerprint density at radius 1 is 1.50 bits per heavy atom. The highest BCUT2D eigenvalue weighted by atomic mass is 16.1. The van der Waals surface area contributed by atoms with Crippen LogP contribution in [0.4, 0.5) is 0 Å². The van der Waals surface area contributed by atoms with Gasteiger partial charge in [-0.2, -0.15) is 0 Å². The van der Waals surface area contributed by atoms with Crippen LogP contribution in [0.5, 0.6) is 0 Å². The summed E-state index contributed by atoms with van der Waals surface area (Å²) in [5.74, 6) is 1.69. The third kappa shape index (κ3) is 0.664. The maximum absolute atomic E-state index is 11.3. The van der Waals surface area contributed by atoms with Gasteiger partial charge in [0, 0.05) is 12.3 Å². The summed E-state index contributed by atoms with van der Waals surface area (Å²) < 4.78 is 0. The van der Waals surface area contributed by atoms with Gasteiger partial charge >= 0.3 is 0 Å². The molecule has 0 aliphatic heterocycles. The van der Waals surface area contributed by atoms with Crippen molar-refractivity contribution in [1.82, 2.24) is 0 Å². The topological polar surface area (TPSA) is 17.1 Å². The fourth-order valence-corrected chi connectivity index (χ4v) is 2.77. The molecule has 0 saturated heterocycles. The number of hydrogen-bond donors (Lipinski definition) is 0. The molecule has 0 unspecified atom stereocenters. The summed E-state index contributed by atoms with van der Waals surface area (Å²) in [6.45, 7) is 4.46. The van der Waals surface area contributed by atoms with E-state index in [1.165, 1.54) is 12.8 Å². The molecule has 56 valence electrons. The average Bonchev–Trinajstić information content (AvgIpc) is 2.18. The highest BCUT2D eigenvalue weighted by Gasteiger charge is 2.49. The second-order valence-electron chi connectivity index (χ2n) is 4.52. The summed E-state index contributed by atoms with van der Waals surface area (Å²) in [4.78, 5) is 11.3. The Bertz CT molecular complexity index is 181. The van der Waals surface area contributed by atoms with Gasteiger partial charge in [-0.3, -0.25) is 4.79 Å². The molecular formula is C9H14O. The standard InChI is InChI=1S/C9H14O/c1-9(2)5-6-3-7(9)8(10)4-6/h6-7H,3-5H2,1-2H3/t6-,7+/m1/s1. The molecule has 1 nitrogen and oxygen atoms in total. The molecule has 0 spiro atoms. The normalized spacial score (nSPS) is 42.8. The zero-order valence-electron chi connectivity index (χ0n) is 6.68.